The van der Waals surface area contributed by atoms with Crippen molar-refractivity contribution in [3.63, 3.8) is 0 Å². The van der Waals surface area contributed by atoms with Crippen LogP contribution in [-0.2, 0) is 14.3 Å². The van der Waals surface area contributed by atoms with Crippen LogP contribution < -0.4 is 5.32 Å². The largest absolute Gasteiger partial charge is 0.467 e. The average molecular weight is 342 g/mol. The third-order valence-corrected chi connectivity index (χ3v) is 3.20. The molecular formula is C14H16BrNO4. The zero-order valence-corrected chi connectivity index (χ0v) is 12.8. The molecule has 1 rings (SSSR count). The second-order valence-electron chi connectivity index (χ2n) is 4.14. The molecule has 1 aromatic rings. The van der Waals surface area contributed by atoms with Gasteiger partial charge in [0.25, 0.3) is 0 Å². The SMILES string of the molecule is COC(=O)C(O)CNC(=O)/C=C/c1ccc(C)cc1Br. The molecule has 1 atom stereocenters. The van der Waals surface area contributed by atoms with Crippen LogP contribution >= 0.6 is 15.9 Å². The van der Waals surface area contributed by atoms with E-state index in [1.54, 1.807) is 6.08 Å². The second-order valence-corrected chi connectivity index (χ2v) is 5.00. The summed E-state index contributed by atoms with van der Waals surface area (Å²) in [6.07, 6.45) is 1.62. The maximum absolute atomic E-state index is 11.5. The number of halogens is 1. The number of hydrogen-bond acceptors (Lipinski definition) is 4. The summed E-state index contributed by atoms with van der Waals surface area (Å²) >= 11 is 3.40. The van der Waals surface area contributed by atoms with Crippen LogP contribution in [0, 0.1) is 6.92 Å². The fraction of sp³-hybridized carbons (Fsp3) is 0.286. The molecule has 0 fully saturated rings. The number of aryl methyl sites for hydroxylation is 1. The summed E-state index contributed by atoms with van der Waals surface area (Å²) < 4.78 is 5.22. The number of nitrogens with one attached hydrogen (secondary N) is 1. The smallest absolute Gasteiger partial charge is 0.336 e. The summed E-state index contributed by atoms with van der Waals surface area (Å²) in [4.78, 5) is 22.5. The highest BCUT2D eigenvalue weighted by atomic mass is 79.9. The Hall–Kier alpha value is -1.66. The summed E-state index contributed by atoms with van der Waals surface area (Å²) in [5.41, 5.74) is 1.97. The predicted molar refractivity (Wildman–Crippen MR) is 78.9 cm³/mol. The molecule has 20 heavy (non-hydrogen) atoms. The second kappa shape index (κ2) is 7.81. The number of carbonyl (C=O) groups is 2. The van der Waals surface area contributed by atoms with Crippen LogP contribution in [0.5, 0.6) is 0 Å². The van der Waals surface area contributed by atoms with Gasteiger partial charge in [-0.05, 0) is 30.2 Å². The van der Waals surface area contributed by atoms with E-state index in [4.69, 9.17) is 0 Å². The molecule has 0 heterocycles. The highest BCUT2D eigenvalue weighted by Gasteiger charge is 2.15. The summed E-state index contributed by atoms with van der Waals surface area (Å²) in [6, 6.07) is 5.76. The van der Waals surface area contributed by atoms with Crippen LogP contribution in [0.4, 0.5) is 0 Å². The lowest BCUT2D eigenvalue weighted by molar-refractivity contribution is -0.150. The Morgan fingerprint density at radius 2 is 2.20 bits per heavy atom. The number of amides is 1. The maximum Gasteiger partial charge on any atom is 0.336 e. The van der Waals surface area contributed by atoms with Crippen molar-refractivity contribution >= 4 is 33.9 Å². The Bertz CT molecular complexity index is 528. The monoisotopic (exact) mass is 341 g/mol. The normalized spacial score (nSPS) is 12.2. The van der Waals surface area contributed by atoms with Gasteiger partial charge in [0.05, 0.1) is 13.7 Å². The molecule has 2 N–H and O–H groups in total. The zero-order chi connectivity index (χ0) is 15.1. The molecule has 0 bridgehead atoms. The molecule has 0 saturated carbocycles. The zero-order valence-electron chi connectivity index (χ0n) is 11.2. The third-order valence-electron chi connectivity index (χ3n) is 2.51. The number of benzene rings is 1. The lowest BCUT2D eigenvalue weighted by Crippen LogP contribution is -2.36. The highest BCUT2D eigenvalue weighted by molar-refractivity contribution is 9.10. The molecule has 0 aliphatic rings. The summed E-state index contributed by atoms with van der Waals surface area (Å²) in [5, 5.41) is 11.7. The molecule has 1 unspecified atom stereocenters. The maximum atomic E-state index is 11.5. The van der Waals surface area contributed by atoms with E-state index in [2.05, 4.69) is 26.0 Å². The molecule has 0 aromatic heterocycles. The van der Waals surface area contributed by atoms with E-state index in [-0.39, 0.29) is 6.54 Å². The molecule has 0 radical (unpaired) electrons. The van der Waals surface area contributed by atoms with Crippen LogP contribution in [0.2, 0.25) is 0 Å². The lowest BCUT2D eigenvalue weighted by Gasteiger charge is -2.08. The number of carbonyl (C=O) groups excluding carboxylic acids is 2. The van der Waals surface area contributed by atoms with Crippen LogP contribution in [0.3, 0.4) is 0 Å². The van der Waals surface area contributed by atoms with Gasteiger partial charge in [-0.15, -0.1) is 0 Å². The predicted octanol–water partition coefficient (Wildman–Crippen LogP) is 1.42. The van der Waals surface area contributed by atoms with E-state index in [9.17, 15) is 14.7 Å². The lowest BCUT2D eigenvalue weighted by atomic mass is 10.1. The van der Waals surface area contributed by atoms with Gasteiger partial charge in [-0.2, -0.15) is 0 Å². The Morgan fingerprint density at radius 3 is 2.80 bits per heavy atom. The van der Waals surface area contributed by atoms with E-state index < -0.39 is 18.0 Å². The van der Waals surface area contributed by atoms with Gasteiger partial charge >= 0.3 is 5.97 Å². The Kier molecular flexibility index (Phi) is 6.41. The first-order chi connectivity index (χ1) is 9.43. The number of aliphatic hydroxyl groups excluding tert-OH is 1. The molecule has 5 nitrogen and oxygen atoms in total. The summed E-state index contributed by atoms with van der Waals surface area (Å²) in [6.45, 7) is 1.78. The molecule has 108 valence electrons. The minimum atomic E-state index is -1.36. The standard InChI is InChI=1S/C14H16BrNO4/c1-9-3-4-10(11(15)7-9)5-6-13(18)16-8-12(17)14(19)20-2/h3-7,12,17H,8H2,1-2H3,(H,16,18)/b6-5+. The van der Waals surface area contributed by atoms with Gasteiger partial charge in [0, 0.05) is 10.5 Å². The van der Waals surface area contributed by atoms with Crippen LogP contribution in [0.15, 0.2) is 28.7 Å². The van der Waals surface area contributed by atoms with Crippen molar-refractivity contribution in [2.75, 3.05) is 13.7 Å². The van der Waals surface area contributed by atoms with Gasteiger partial charge in [-0.1, -0.05) is 28.1 Å². The fourth-order valence-corrected chi connectivity index (χ4v) is 2.03. The number of esters is 1. The van der Waals surface area contributed by atoms with Crippen molar-refractivity contribution in [1.29, 1.82) is 0 Å². The summed E-state index contributed by atoms with van der Waals surface area (Å²) in [5.74, 6) is -1.18. The van der Waals surface area contributed by atoms with Gasteiger partial charge in [0.2, 0.25) is 5.91 Å². The van der Waals surface area contributed by atoms with Gasteiger partial charge in [0.1, 0.15) is 0 Å². The fourth-order valence-electron chi connectivity index (χ4n) is 1.41. The molecule has 0 spiro atoms. The van der Waals surface area contributed by atoms with Crippen molar-refractivity contribution in [2.45, 2.75) is 13.0 Å². The molecule has 0 saturated heterocycles. The van der Waals surface area contributed by atoms with E-state index in [0.29, 0.717) is 0 Å². The first-order valence-electron chi connectivity index (χ1n) is 5.92. The highest BCUT2D eigenvalue weighted by Crippen LogP contribution is 2.19. The van der Waals surface area contributed by atoms with Gasteiger partial charge in [-0.3, -0.25) is 4.79 Å². The van der Waals surface area contributed by atoms with E-state index in [1.165, 1.54) is 13.2 Å². The number of methoxy groups -OCH3 is 1. The Morgan fingerprint density at radius 1 is 1.50 bits per heavy atom. The van der Waals surface area contributed by atoms with Gasteiger partial charge in [-0.25, -0.2) is 4.79 Å². The molecule has 6 heteroatoms. The van der Waals surface area contributed by atoms with Crippen molar-refractivity contribution in [1.82, 2.24) is 5.32 Å². The first kappa shape index (κ1) is 16.4. The van der Waals surface area contributed by atoms with Crippen LogP contribution in [0.25, 0.3) is 6.08 Å². The Labute approximate surface area is 125 Å². The van der Waals surface area contributed by atoms with Crippen LogP contribution in [0.1, 0.15) is 11.1 Å². The van der Waals surface area contributed by atoms with Gasteiger partial charge < -0.3 is 15.2 Å². The average Bonchev–Trinajstić information content (AvgIpc) is 2.42. The van der Waals surface area contributed by atoms with E-state index in [0.717, 1.165) is 15.6 Å². The molecule has 1 aromatic carbocycles. The van der Waals surface area contributed by atoms with Crippen molar-refractivity contribution < 1.29 is 19.4 Å². The van der Waals surface area contributed by atoms with Crippen molar-refractivity contribution in [3.05, 3.63) is 39.9 Å². The molecule has 0 aliphatic carbocycles. The minimum absolute atomic E-state index is 0.190. The topological polar surface area (TPSA) is 75.6 Å². The molecule has 0 aliphatic heterocycles. The first-order valence-corrected chi connectivity index (χ1v) is 6.71. The quantitative estimate of drug-likeness (QED) is 0.627. The van der Waals surface area contributed by atoms with Crippen molar-refractivity contribution in [3.8, 4) is 0 Å². The summed E-state index contributed by atoms with van der Waals surface area (Å²) in [7, 11) is 1.17. The van der Waals surface area contributed by atoms with Gasteiger partial charge in [0.15, 0.2) is 6.10 Å². The number of hydrogen-bond donors (Lipinski definition) is 2. The molecular weight excluding hydrogens is 326 g/mol. The Balaban J connectivity index is 2.53. The number of rotatable bonds is 5. The van der Waals surface area contributed by atoms with Crippen LogP contribution in [-0.4, -0.2) is 36.7 Å². The minimum Gasteiger partial charge on any atom is -0.467 e. The van der Waals surface area contributed by atoms with E-state index >= 15 is 0 Å². The third kappa shape index (κ3) is 5.14. The van der Waals surface area contributed by atoms with Crippen molar-refractivity contribution in [2.24, 2.45) is 0 Å². The molecule has 1 amide bonds. The number of aliphatic hydroxyl groups is 1. The van der Waals surface area contributed by atoms with E-state index in [1.807, 2.05) is 25.1 Å². The number of ether oxygens (including phenoxy) is 1.